The first kappa shape index (κ1) is 18.4. The highest BCUT2D eigenvalue weighted by molar-refractivity contribution is 7.89. The van der Waals surface area contributed by atoms with Crippen LogP contribution in [0.25, 0.3) is 10.8 Å². The van der Waals surface area contributed by atoms with E-state index < -0.39 is 16.1 Å². The van der Waals surface area contributed by atoms with Crippen LogP contribution in [0, 0.1) is 12.3 Å². The third kappa shape index (κ3) is 4.06. The van der Waals surface area contributed by atoms with Crippen LogP contribution in [0.3, 0.4) is 0 Å². The summed E-state index contributed by atoms with van der Waals surface area (Å²) < 4.78 is 28.1. The molecular weight excluding hydrogens is 348 g/mol. The Morgan fingerprint density at radius 1 is 1.12 bits per heavy atom. The van der Waals surface area contributed by atoms with E-state index in [4.69, 9.17) is 6.42 Å². The molecule has 1 aliphatic rings. The Labute approximate surface area is 154 Å². The number of nitrogens with zero attached hydrogens (tertiary/aromatic N) is 1. The number of carbonyl (C=O) groups is 1. The fraction of sp³-hybridized carbons (Fsp3) is 0.350. The van der Waals surface area contributed by atoms with E-state index in [2.05, 4.69) is 10.6 Å². The summed E-state index contributed by atoms with van der Waals surface area (Å²) in [5.41, 5.74) is 0. The minimum absolute atomic E-state index is 0.0299. The Morgan fingerprint density at radius 3 is 2.50 bits per heavy atom. The Morgan fingerprint density at radius 2 is 1.81 bits per heavy atom. The molecule has 0 unspecified atom stereocenters. The minimum Gasteiger partial charge on any atom is -0.341 e. The van der Waals surface area contributed by atoms with Gasteiger partial charge >= 0.3 is 0 Å². The average molecular weight is 370 g/mol. The van der Waals surface area contributed by atoms with Crippen LogP contribution in [0.2, 0.25) is 0 Å². The van der Waals surface area contributed by atoms with Gasteiger partial charge in [-0.3, -0.25) is 4.79 Å². The number of nitrogens with one attached hydrogen (secondary N) is 1. The van der Waals surface area contributed by atoms with Crippen molar-refractivity contribution in [3.05, 3.63) is 42.5 Å². The lowest BCUT2D eigenvalue weighted by molar-refractivity contribution is -0.133. The summed E-state index contributed by atoms with van der Waals surface area (Å²) in [5, 5.41) is 1.78. The molecule has 6 heteroatoms. The van der Waals surface area contributed by atoms with Gasteiger partial charge in [0.25, 0.3) is 0 Å². The fourth-order valence-electron chi connectivity index (χ4n) is 3.22. The summed E-state index contributed by atoms with van der Waals surface area (Å²) in [6.45, 7) is 1.30. The molecule has 0 saturated carbocycles. The number of sulfonamides is 1. The van der Waals surface area contributed by atoms with Gasteiger partial charge in [-0.05, 0) is 42.2 Å². The van der Waals surface area contributed by atoms with Crippen molar-refractivity contribution < 1.29 is 13.2 Å². The molecule has 2 aromatic carbocycles. The number of piperidine rings is 1. The average Bonchev–Trinajstić information content (AvgIpc) is 2.67. The number of hydrogen-bond donors (Lipinski definition) is 1. The van der Waals surface area contributed by atoms with E-state index >= 15 is 0 Å². The van der Waals surface area contributed by atoms with Crippen LogP contribution in [0.1, 0.15) is 25.7 Å². The lowest BCUT2D eigenvalue weighted by Crippen LogP contribution is -2.49. The lowest BCUT2D eigenvalue weighted by atomic mass is 10.1. The van der Waals surface area contributed by atoms with Gasteiger partial charge in [-0.1, -0.05) is 30.3 Å². The highest BCUT2D eigenvalue weighted by atomic mass is 32.2. The molecule has 26 heavy (non-hydrogen) atoms. The van der Waals surface area contributed by atoms with Crippen molar-refractivity contribution in [3.8, 4) is 12.3 Å². The zero-order valence-corrected chi connectivity index (χ0v) is 15.3. The smallest absolute Gasteiger partial charge is 0.241 e. The molecule has 1 saturated heterocycles. The molecule has 0 aliphatic carbocycles. The second kappa shape index (κ2) is 7.90. The molecule has 1 atom stereocenters. The van der Waals surface area contributed by atoms with Crippen LogP contribution < -0.4 is 4.72 Å². The summed E-state index contributed by atoms with van der Waals surface area (Å²) in [6, 6.07) is 11.5. The van der Waals surface area contributed by atoms with Crippen molar-refractivity contribution in [1.29, 1.82) is 0 Å². The molecule has 0 aromatic heterocycles. The van der Waals surface area contributed by atoms with Crippen molar-refractivity contribution >= 4 is 26.7 Å². The van der Waals surface area contributed by atoms with Gasteiger partial charge < -0.3 is 4.90 Å². The zero-order chi connectivity index (χ0) is 18.6. The van der Waals surface area contributed by atoms with Gasteiger partial charge in [0, 0.05) is 19.5 Å². The number of terminal acetylenes is 1. The first-order valence-electron chi connectivity index (χ1n) is 8.74. The quantitative estimate of drug-likeness (QED) is 0.823. The summed E-state index contributed by atoms with van der Waals surface area (Å²) in [4.78, 5) is 14.5. The van der Waals surface area contributed by atoms with Gasteiger partial charge in [0.2, 0.25) is 15.9 Å². The van der Waals surface area contributed by atoms with Crippen LogP contribution in [-0.2, 0) is 14.8 Å². The number of likely N-dealkylation sites (tertiary alicyclic amines) is 1. The number of amides is 1. The highest BCUT2D eigenvalue weighted by Gasteiger charge is 2.29. The number of rotatable bonds is 5. The van der Waals surface area contributed by atoms with Crippen LogP contribution in [0.5, 0.6) is 0 Å². The minimum atomic E-state index is -3.85. The summed E-state index contributed by atoms with van der Waals surface area (Å²) in [5.74, 6) is 2.17. The van der Waals surface area contributed by atoms with Gasteiger partial charge in [0.1, 0.15) is 6.04 Å². The molecule has 0 spiro atoms. The summed E-state index contributed by atoms with van der Waals surface area (Å²) in [7, 11) is -3.85. The van der Waals surface area contributed by atoms with Gasteiger partial charge in [-0.15, -0.1) is 12.3 Å². The molecule has 3 rings (SSSR count). The maximum absolute atomic E-state index is 12.8. The highest BCUT2D eigenvalue weighted by Crippen LogP contribution is 2.20. The number of carbonyl (C=O) groups excluding carboxylic acids is 1. The predicted octanol–water partition coefficient (Wildman–Crippen LogP) is 2.52. The maximum Gasteiger partial charge on any atom is 0.241 e. The lowest BCUT2D eigenvalue weighted by Gasteiger charge is -2.30. The standard InChI is InChI=1S/C20H22N2O3S/c1-2-8-19(20(23)22-13-6-3-7-14-22)21-26(24,25)18-12-11-16-9-4-5-10-17(16)15-18/h1,4-5,9-12,15,19,21H,3,6-8,13-14H2/t19-/m0/s1. The van der Waals surface area contributed by atoms with Gasteiger partial charge in [0.05, 0.1) is 4.90 Å². The molecule has 0 radical (unpaired) electrons. The van der Waals surface area contributed by atoms with E-state index in [1.54, 1.807) is 23.1 Å². The van der Waals surface area contributed by atoms with Crippen LogP contribution >= 0.6 is 0 Å². The largest absolute Gasteiger partial charge is 0.341 e. The number of benzene rings is 2. The normalized spacial score (nSPS) is 16.2. The Bertz CT molecular complexity index is 941. The van der Waals surface area contributed by atoms with Gasteiger partial charge in [-0.2, -0.15) is 4.72 Å². The Kier molecular flexibility index (Phi) is 5.60. The van der Waals surface area contributed by atoms with Gasteiger partial charge in [-0.25, -0.2) is 8.42 Å². The summed E-state index contributed by atoms with van der Waals surface area (Å²) >= 11 is 0. The van der Waals surface area contributed by atoms with Crippen molar-refractivity contribution in [2.75, 3.05) is 13.1 Å². The molecule has 2 aromatic rings. The van der Waals surface area contributed by atoms with Crippen LogP contribution in [0.15, 0.2) is 47.4 Å². The SMILES string of the molecule is C#CC[C@H](NS(=O)(=O)c1ccc2ccccc2c1)C(=O)N1CCCCC1. The molecule has 1 heterocycles. The topological polar surface area (TPSA) is 66.5 Å². The number of fused-ring (bicyclic) bond motifs is 1. The maximum atomic E-state index is 12.8. The van der Waals surface area contributed by atoms with E-state index in [-0.39, 0.29) is 17.2 Å². The fourth-order valence-corrected chi connectivity index (χ4v) is 4.45. The van der Waals surface area contributed by atoms with E-state index in [0.717, 1.165) is 30.0 Å². The van der Waals surface area contributed by atoms with E-state index in [1.807, 2.05) is 24.3 Å². The monoisotopic (exact) mass is 370 g/mol. The van der Waals surface area contributed by atoms with Crippen molar-refractivity contribution in [3.63, 3.8) is 0 Å². The second-order valence-electron chi connectivity index (χ2n) is 6.48. The molecular formula is C20H22N2O3S. The first-order chi connectivity index (χ1) is 12.5. The molecule has 1 fully saturated rings. The molecule has 1 amide bonds. The van der Waals surface area contributed by atoms with Crippen molar-refractivity contribution in [1.82, 2.24) is 9.62 Å². The molecule has 1 N–H and O–H groups in total. The molecule has 0 bridgehead atoms. The van der Waals surface area contributed by atoms with Crippen molar-refractivity contribution in [2.24, 2.45) is 0 Å². The van der Waals surface area contributed by atoms with Crippen molar-refractivity contribution in [2.45, 2.75) is 36.6 Å². The molecule has 1 aliphatic heterocycles. The van der Waals surface area contributed by atoms with Crippen LogP contribution in [0.4, 0.5) is 0 Å². The number of hydrogen-bond acceptors (Lipinski definition) is 3. The third-order valence-electron chi connectivity index (χ3n) is 4.62. The van der Waals surface area contributed by atoms with Gasteiger partial charge in [0.15, 0.2) is 0 Å². The Balaban J connectivity index is 1.84. The first-order valence-corrected chi connectivity index (χ1v) is 10.2. The predicted molar refractivity (Wildman–Crippen MR) is 102 cm³/mol. The van der Waals surface area contributed by atoms with E-state index in [1.165, 1.54) is 0 Å². The summed E-state index contributed by atoms with van der Waals surface area (Å²) in [6.07, 6.45) is 8.37. The molecule has 5 nitrogen and oxygen atoms in total. The third-order valence-corrected chi connectivity index (χ3v) is 6.09. The zero-order valence-electron chi connectivity index (χ0n) is 14.5. The van der Waals surface area contributed by atoms with E-state index in [0.29, 0.717) is 13.1 Å². The second-order valence-corrected chi connectivity index (χ2v) is 8.19. The Hall–Kier alpha value is -2.36. The molecule has 136 valence electrons. The van der Waals surface area contributed by atoms with Crippen LogP contribution in [-0.4, -0.2) is 38.4 Å². The van der Waals surface area contributed by atoms with E-state index in [9.17, 15) is 13.2 Å².